The van der Waals surface area contributed by atoms with E-state index in [9.17, 15) is 0 Å². The summed E-state index contributed by atoms with van der Waals surface area (Å²) in [5.41, 5.74) is 0.368. The molecule has 1 N–H and O–H groups in total. The molecule has 0 aliphatic heterocycles. The molecule has 2 rings (SSSR count). The first kappa shape index (κ1) is 11.9. The molecule has 0 heterocycles. The van der Waals surface area contributed by atoms with Crippen molar-refractivity contribution in [3.63, 3.8) is 0 Å². The Labute approximate surface area is 99.4 Å². The van der Waals surface area contributed by atoms with E-state index in [-0.39, 0.29) is 0 Å². The first-order valence-corrected chi connectivity index (χ1v) is 6.83. The maximum atomic E-state index is 8.75. The van der Waals surface area contributed by atoms with E-state index in [0.717, 1.165) is 24.8 Å². The summed E-state index contributed by atoms with van der Waals surface area (Å²) in [7, 11) is 0. The van der Waals surface area contributed by atoms with Crippen LogP contribution in [-0.4, -0.2) is 13.1 Å². The molecule has 0 saturated heterocycles. The van der Waals surface area contributed by atoms with Crippen molar-refractivity contribution in [3.8, 4) is 6.07 Å². The van der Waals surface area contributed by atoms with Gasteiger partial charge >= 0.3 is 0 Å². The lowest BCUT2D eigenvalue weighted by Gasteiger charge is -2.29. The quantitative estimate of drug-likeness (QED) is 0.773. The molecule has 0 amide bonds. The molecule has 0 aromatic heterocycles. The summed E-state index contributed by atoms with van der Waals surface area (Å²) in [5.74, 6) is 1.78. The lowest BCUT2D eigenvalue weighted by atomic mass is 9.80. The van der Waals surface area contributed by atoms with Crippen molar-refractivity contribution in [2.24, 2.45) is 17.3 Å². The number of nitrogens with zero attached hydrogens (tertiary/aromatic N) is 1. The Morgan fingerprint density at radius 3 is 2.69 bits per heavy atom. The summed E-state index contributed by atoms with van der Waals surface area (Å²) in [6.45, 7) is 4.64. The average molecular weight is 220 g/mol. The zero-order chi connectivity index (χ0) is 11.4. The Hall–Kier alpha value is -0.550. The van der Waals surface area contributed by atoms with Gasteiger partial charge in [0.05, 0.1) is 6.07 Å². The normalized spacial score (nSPS) is 32.0. The summed E-state index contributed by atoms with van der Waals surface area (Å²) in [4.78, 5) is 0. The minimum Gasteiger partial charge on any atom is -0.316 e. The first-order chi connectivity index (χ1) is 7.76. The number of nitriles is 1. The molecule has 16 heavy (non-hydrogen) atoms. The lowest BCUT2D eigenvalue weighted by molar-refractivity contribution is 0.243. The Morgan fingerprint density at radius 2 is 2.06 bits per heavy atom. The van der Waals surface area contributed by atoms with E-state index in [1.165, 1.54) is 45.1 Å². The van der Waals surface area contributed by atoms with E-state index >= 15 is 0 Å². The zero-order valence-corrected chi connectivity index (χ0v) is 10.5. The van der Waals surface area contributed by atoms with E-state index < -0.39 is 0 Å². The molecule has 2 aliphatic rings. The molecule has 0 aromatic rings. The second kappa shape index (κ2) is 5.19. The maximum absolute atomic E-state index is 8.75. The van der Waals surface area contributed by atoms with E-state index in [1.54, 1.807) is 0 Å². The number of hydrogen-bond donors (Lipinski definition) is 1. The second-order valence-electron chi connectivity index (χ2n) is 5.99. The fourth-order valence-electron chi connectivity index (χ4n) is 2.98. The third-order valence-corrected chi connectivity index (χ3v) is 4.61. The highest BCUT2D eigenvalue weighted by atomic mass is 14.9. The highest BCUT2D eigenvalue weighted by molar-refractivity contribution is 5.00. The highest BCUT2D eigenvalue weighted by Gasteiger charge is 2.41. The van der Waals surface area contributed by atoms with Gasteiger partial charge in [0.25, 0.3) is 0 Å². The van der Waals surface area contributed by atoms with Crippen molar-refractivity contribution >= 4 is 0 Å². The van der Waals surface area contributed by atoms with Crippen LogP contribution in [-0.2, 0) is 0 Å². The predicted octanol–water partition coefficient (Wildman–Crippen LogP) is 3.10. The molecule has 0 spiro atoms. The SMILES string of the molecule is CC1CCCCC1CNCC1(CC#N)CC1. The van der Waals surface area contributed by atoms with Crippen molar-refractivity contribution < 1.29 is 0 Å². The second-order valence-corrected chi connectivity index (χ2v) is 5.99. The largest absolute Gasteiger partial charge is 0.316 e. The smallest absolute Gasteiger partial charge is 0.0628 e. The Morgan fingerprint density at radius 1 is 1.31 bits per heavy atom. The predicted molar refractivity (Wildman–Crippen MR) is 65.9 cm³/mol. The van der Waals surface area contributed by atoms with E-state index in [2.05, 4.69) is 18.3 Å². The summed E-state index contributed by atoms with van der Waals surface area (Å²) in [6, 6.07) is 2.33. The van der Waals surface area contributed by atoms with Crippen molar-refractivity contribution in [2.45, 2.75) is 51.9 Å². The Bertz CT molecular complexity index is 262. The third kappa shape index (κ3) is 2.98. The van der Waals surface area contributed by atoms with E-state index in [4.69, 9.17) is 5.26 Å². The molecular formula is C14H24N2. The minimum absolute atomic E-state index is 0.368. The van der Waals surface area contributed by atoms with Gasteiger partial charge in [0.1, 0.15) is 0 Å². The van der Waals surface area contributed by atoms with Gasteiger partial charge in [-0.25, -0.2) is 0 Å². The molecule has 2 heteroatoms. The standard InChI is InChI=1S/C14H24N2/c1-12-4-2-3-5-13(12)10-16-11-14(6-7-14)8-9-15/h12-13,16H,2-8,10-11H2,1H3. The van der Waals surface area contributed by atoms with Gasteiger partial charge in [0, 0.05) is 13.0 Å². The first-order valence-electron chi connectivity index (χ1n) is 6.83. The molecule has 2 aliphatic carbocycles. The van der Waals surface area contributed by atoms with Crippen molar-refractivity contribution in [1.82, 2.24) is 5.32 Å². The van der Waals surface area contributed by atoms with E-state index in [0.29, 0.717) is 5.41 Å². The zero-order valence-electron chi connectivity index (χ0n) is 10.5. The van der Waals surface area contributed by atoms with Gasteiger partial charge < -0.3 is 5.32 Å². The van der Waals surface area contributed by atoms with Crippen LogP contribution in [0.15, 0.2) is 0 Å². The van der Waals surface area contributed by atoms with Crippen LogP contribution in [0.3, 0.4) is 0 Å². The van der Waals surface area contributed by atoms with Gasteiger partial charge in [0.2, 0.25) is 0 Å². The van der Waals surface area contributed by atoms with Gasteiger partial charge in [0.15, 0.2) is 0 Å². The Balaban J connectivity index is 1.66. The van der Waals surface area contributed by atoms with Crippen LogP contribution in [0.5, 0.6) is 0 Å². The number of rotatable bonds is 5. The van der Waals surface area contributed by atoms with Gasteiger partial charge in [-0.05, 0) is 43.1 Å². The van der Waals surface area contributed by atoms with E-state index in [1.807, 2.05) is 0 Å². The molecule has 2 fully saturated rings. The van der Waals surface area contributed by atoms with Gasteiger partial charge in [-0.3, -0.25) is 0 Å². The van der Waals surface area contributed by atoms with Crippen LogP contribution in [0.1, 0.15) is 51.9 Å². The molecule has 2 saturated carbocycles. The van der Waals surface area contributed by atoms with Crippen molar-refractivity contribution in [2.75, 3.05) is 13.1 Å². The fourth-order valence-corrected chi connectivity index (χ4v) is 2.98. The molecule has 2 unspecified atom stereocenters. The van der Waals surface area contributed by atoms with Crippen LogP contribution >= 0.6 is 0 Å². The molecule has 0 aromatic carbocycles. The summed E-state index contributed by atoms with van der Waals surface area (Å²) >= 11 is 0. The van der Waals surface area contributed by atoms with Crippen molar-refractivity contribution in [3.05, 3.63) is 0 Å². The lowest BCUT2D eigenvalue weighted by Crippen LogP contribution is -2.33. The molecule has 0 bridgehead atoms. The van der Waals surface area contributed by atoms with Crippen LogP contribution in [0.2, 0.25) is 0 Å². The number of hydrogen-bond acceptors (Lipinski definition) is 2. The van der Waals surface area contributed by atoms with Crippen LogP contribution < -0.4 is 5.32 Å². The van der Waals surface area contributed by atoms with Crippen molar-refractivity contribution in [1.29, 1.82) is 5.26 Å². The third-order valence-electron chi connectivity index (χ3n) is 4.61. The molecule has 2 atom stereocenters. The topological polar surface area (TPSA) is 35.8 Å². The monoisotopic (exact) mass is 220 g/mol. The minimum atomic E-state index is 0.368. The van der Waals surface area contributed by atoms with Gasteiger partial charge in [-0.1, -0.05) is 26.2 Å². The Kier molecular flexibility index (Phi) is 3.86. The van der Waals surface area contributed by atoms with Crippen LogP contribution in [0.25, 0.3) is 0 Å². The fraction of sp³-hybridized carbons (Fsp3) is 0.929. The average Bonchev–Trinajstić information content (AvgIpc) is 3.02. The van der Waals surface area contributed by atoms with Crippen LogP contribution in [0, 0.1) is 28.6 Å². The number of nitrogens with one attached hydrogen (secondary N) is 1. The molecule has 90 valence electrons. The van der Waals surface area contributed by atoms with Crippen LogP contribution in [0.4, 0.5) is 0 Å². The van der Waals surface area contributed by atoms with Gasteiger partial charge in [-0.15, -0.1) is 0 Å². The van der Waals surface area contributed by atoms with Gasteiger partial charge in [-0.2, -0.15) is 5.26 Å². The highest BCUT2D eigenvalue weighted by Crippen LogP contribution is 2.47. The summed E-state index contributed by atoms with van der Waals surface area (Å²) < 4.78 is 0. The summed E-state index contributed by atoms with van der Waals surface area (Å²) in [5, 5.41) is 12.4. The molecular weight excluding hydrogens is 196 g/mol. The maximum Gasteiger partial charge on any atom is 0.0628 e. The summed E-state index contributed by atoms with van der Waals surface area (Å²) in [6.07, 6.45) is 8.92. The molecule has 0 radical (unpaired) electrons. The molecule has 2 nitrogen and oxygen atoms in total.